The van der Waals surface area contributed by atoms with Gasteiger partial charge in [0.15, 0.2) is 5.65 Å². The van der Waals surface area contributed by atoms with Crippen molar-refractivity contribution in [3.63, 3.8) is 0 Å². The van der Waals surface area contributed by atoms with Gasteiger partial charge >= 0.3 is 0 Å². The van der Waals surface area contributed by atoms with Crippen LogP contribution in [0.1, 0.15) is 5.56 Å². The number of benzene rings is 1. The fourth-order valence-corrected chi connectivity index (χ4v) is 4.02. The molecule has 4 heterocycles. The largest absolute Gasteiger partial charge is 0.439 e. The van der Waals surface area contributed by atoms with Gasteiger partial charge in [0, 0.05) is 50.1 Å². The average Bonchev–Trinajstić information content (AvgIpc) is 3.35. The van der Waals surface area contributed by atoms with E-state index in [1.165, 1.54) is 6.08 Å². The molecule has 0 bridgehead atoms. The Morgan fingerprint density at radius 2 is 1.97 bits per heavy atom. The van der Waals surface area contributed by atoms with Gasteiger partial charge in [-0.25, -0.2) is 9.97 Å². The highest BCUT2D eigenvalue weighted by atomic mass is 16.5. The van der Waals surface area contributed by atoms with Crippen LogP contribution in [0.3, 0.4) is 0 Å². The number of anilines is 4. The molecule has 5 rings (SSSR count). The van der Waals surface area contributed by atoms with Crippen molar-refractivity contribution in [3.8, 4) is 11.6 Å². The van der Waals surface area contributed by atoms with Crippen LogP contribution in [-0.2, 0) is 4.79 Å². The van der Waals surface area contributed by atoms with Gasteiger partial charge in [-0.2, -0.15) is 9.61 Å². The topological polar surface area (TPSA) is 99.9 Å². The molecule has 0 unspecified atom stereocenters. The summed E-state index contributed by atoms with van der Waals surface area (Å²) in [6.07, 6.45) is 4.78. The fraction of sp³-hybridized carbons (Fsp3) is 0.231. The summed E-state index contributed by atoms with van der Waals surface area (Å²) in [6.45, 7) is 9.58. The van der Waals surface area contributed by atoms with Crippen LogP contribution in [0.2, 0.25) is 0 Å². The van der Waals surface area contributed by atoms with E-state index in [0.29, 0.717) is 28.8 Å². The molecule has 0 radical (unpaired) electrons. The second-order valence-electron chi connectivity index (χ2n) is 8.68. The van der Waals surface area contributed by atoms with Crippen molar-refractivity contribution in [3.05, 3.63) is 73.1 Å². The fourth-order valence-electron chi connectivity index (χ4n) is 4.02. The monoisotopic (exact) mass is 484 g/mol. The molecule has 0 aliphatic carbocycles. The molecule has 36 heavy (non-hydrogen) atoms. The number of nitrogens with one attached hydrogen (secondary N) is 2. The molecule has 1 aliphatic heterocycles. The first kappa shape index (κ1) is 23.3. The van der Waals surface area contributed by atoms with E-state index in [2.05, 4.69) is 55.2 Å². The van der Waals surface area contributed by atoms with Crippen LogP contribution >= 0.6 is 0 Å². The SMILES string of the molecule is C=CC(=O)Nc1cccc(Oc2cc(Nc3ncc(N4CCN(C)CC4)cc3C)nc3ccnn23)c1. The first-order chi connectivity index (χ1) is 17.5. The number of aryl methyl sites for hydroxylation is 1. The highest BCUT2D eigenvalue weighted by Crippen LogP contribution is 2.29. The van der Waals surface area contributed by atoms with Crippen LogP contribution in [0.5, 0.6) is 11.6 Å². The Hall–Kier alpha value is -4.44. The second kappa shape index (κ2) is 10.0. The summed E-state index contributed by atoms with van der Waals surface area (Å²) in [5.41, 5.74) is 3.37. The van der Waals surface area contributed by atoms with E-state index in [9.17, 15) is 4.79 Å². The summed E-state index contributed by atoms with van der Waals surface area (Å²) in [5, 5.41) is 10.4. The third-order valence-corrected chi connectivity index (χ3v) is 6.01. The Bertz CT molecular complexity index is 1410. The minimum Gasteiger partial charge on any atom is -0.439 e. The average molecular weight is 485 g/mol. The smallest absolute Gasteiger partial charge is 0.247 e. The molecule has 1 fully saturated rings. The van der Waals surface area contributed by atoms with Gasteiger partial charge in [-0.3, -0.25) is 4.79 Å². The molecule has 2 N–H and O–H groups in total. The van der Waals surface area contributed by atoms with Crippen molar-refractivity contribution >= 4 is 34.6 Å². The van der Waals surface area contributed by atoms with Gasteiger partial charge in [-0.15, -0.1) is 0 Å². The number of rotatable bonds is 7. The Morgan fingerprint density at radius 3 is 2.75 bits per heavy atom. The van der Waals surface area contributed by atoms with Crippen molar-refractivity contribution in [2.75, 3.05) is 48.8 Å². The van der Waals surface area contributed by atoms with Gasteiger partial charge < -0.3 is 25.2 Å². The van der Waals surface area contributed by atoms with Crippen molar-refractivity contribution in [2.24, 2.45) is 0 Å². The molecule has 184 valence electrons. The first-order valence-electron chi connectivity index (χ1n) is 11.7. The van der Waals surface area contributed by atoms with Gasteiger partial charge in [-0.1, -0.05) is 12.6 Å². The highest BCUT2D eigenvalue weighted by Gasteiger charge is 2.16. The van der Waals surface area contributed by atoms with Gasteiger partial charge in [0.1, 0.15) is 17.4 Å². The predicted octanol–water partition coefficient (Wildman–Crippen LogP) is 3.84. The number of amides is 1. The zero-order valence-corrected chi connectivity index (χ0v) is 20.3. The number of nitrogens with zero attached hydrogens (tertiary/aromatic N) is 6. The minimum atomic E-state index is -0.293. The molecular formula is C26H28N8O2. The molecule has 10 nitrogen and oxygen atoms in total. The van der Waals surface area contributed by atoms with Gasteiger partial charge in [-0.05, 0) is 43.8 Å². The number of carbonyl (C=O) groups is 1. The zero-order chi connectivity index (χ0) is 25.1. The lowest BCUT2D eigenvalue weighted by molar-refractivity contribution is -0.111. The third-order valence-electron chi connectivity index (χ3n) is 6.01. The van der Waals surface area contributed by atoms with Crippen LogP contribution in [-0.4, -0.2) is 63.6 Å². The van der Waals surface area contributed by atoms with Crippen LogP contribution in [0.4, 0.5) is 23.0 Å². The van der Waals surface area contributed by atoms with Crippen LogP contribution in [0.25, 0.3) is 5.65 Å². The van der Waals surface area contributed by atoms with Crippen molar-refractivity contribution in [2.45, 2.75) is 6.92 Å². The van der Waals surface area contributed by atoms with Crippen molar-refractivity contribution < 1.29 is 9.53 Å². The van der Waals surface area contributed by atoms with E-state index in [4.69, 9.17) is 4.74 Å². The standard InChI is InChI=1S/C26H28N8O2/c1-4-24(35)29-19-6-5-7-21(15-19)36-25-16-22(30-23-8-9-28-34(23)25)31-26-18(2)14-20(17-27-26)33-12-10-32(3)11-13-33/h4-9,14-17H,1,10-13H2,2-3H3,(H,29,35)(H,27,30,31). The third kappa shape index (κ3) is 5.13. The molecule has 0 atom stereocenters. The molecule has 4 aromatic rings. The minimum absolute atomic E-state index is 0.293. The van der Waals surface area contributed by atoms with Crippen LogP contribution in [0, 0.1) is 6.92 Å². The van der Waals surface area contributed by atoms with Crippen LogP contribution < -0.4 is 20.3 Å². The number of fused-ring (bicyclic) bond motifs is 1. The number of aromatic nitrogens is 4. The van der Waals surface area contributed by atoms with E-state index < -0.39 is 0 Å². The maximum Gasteiger partial charge on any atom is 0.247 e. The summed E-state index contributed by atoms with van der Waals surface area (Å²) in [6, 6.07) is 12.8. The molecular weight excluding hydrogens is 456 g/mol. The number of carbonyl (C=O) groups excluding carboxylic acids is 1. The van der Waals surface area contributed by atoms with Crippen molar-refractivity contribution in [1.82, 2.24) is 24.5 Å². The maximum absolute atomic E-state index is 11.6. The van der Waals surface area contributed by atoms with Gasteiger partial charge in [0.05, 0.1) is 18.1 Å². The number of ether oxygens (including phenoxy) is 1. The van der Waals surface area contributed by atoms with E-state index in [1.807, 2.05) is 13.1 Å². The summed E-state index contributed by atoms with van der Waals surface area (Å²) in [7, 11) is 2.15. The summed E-state index contributed by atoms with van der Waals surface area (Å²) in [4.78, 5) is 25.7. The normalized spacial score (nSPS) is 14.0. The van der Waals surface area contributed by atoms with Crippen LogP contribution in [0.15, 0.2) is 67.5 Å². The Morgan fingerprint density at radius 1 is 1.14 bits per heavy atom. The zero-order valence-electron chi connectivity index (χ0n) is 20.3. The highest BCUT2D eigenvalue weighted by molar-refractivity contribution is 5.98. The van der Waals surface area contributed by atoms with E-state index in [-0.39, 0.29) is 5.91 Å². The summed E-state index contributed by atoms with van der Waals surface area (Å²) < 4.78 is 7.74. The molecule has 1 aromatic carbocycles. The van der Waals surface area contributed by atoms with E-state index in [0.717, 1.165) is 43.2 Å². The number of hydrogen-bond donors (Lipinski definition) is 2. The molecule has 1 amide bonds. The quantitative estimate of drug-likeness (QED) is 0.382. The number of hydrogen-bond acceptors (Lipinski definition) is 8. The lowest BCUT2D eigenvalue weighted by atomic mass is 10.2. The maximum atomic E-state index is 11.6. The lowest BCUT2D eigenvalue weighted by Gasteiger charge is -2.34. The first-order valence-corrected chi connectivity index (χ1v) is 11.7. The molecule has 10 heteroatoms. The number of piperazine rings is 1. The second-order valence-corrected chi connectivity index (χ2v) is 8.68. The summed E-state index contributed by atoms with van der Waals surface area (Å²) >= 11 is 0. The molecule has 3 aromatic heterocycles. The molecule has 0 saturated carbocycles. The summed E-state index contributed by atoms with van der Waals surface area (Å²) in [5.74, 6) is 2.02. The molecule has 1 saturated heterocycles. The van der Waals surface area contributed by atoms with Crippen molar-refractivity contribution in [1.29, 1.82) is 0 Å². The van der Waals surface area contributed by atoms with E-state index in [1.54, 1.807) is 47.1 Å². The molecule has 1 aliphatic rings. The predicted molar refractivity (Wildman–Crippen MR) is 140 cm³/mol. The Kier molecular flexibility index (Phi) is 6.50. The van der Waals surface area contributed by atoms with Gasteiger partial charge in [0.25, 0.3) is 0 Å². The molecule has 0 spiro atoms. The van der Waals surface area contributed by atoms with E-state index >= 15 is 0 Å². The lowest BCUT2D eigenvalue weighted by Crippen LogP contribution is -2.44. The van der Waals surface area contributed by atoms with Gasteiger partial charge in [0.2, 0.25) is 11.8 Å². The number of pyridine rings is 1. The Labute approximate surface area is 209 Å². The number of likely N-dealkylation sites (N-methyl/N-ethyl adjacent to an activating group) is 1. The Balaban J connectivity index is 1.38.